The van der Waals surface area contributed by atoms with Gasteiger partial charge >= 0.3 is 0 Å². The smallest absolute Gasteiger partial charge is 0.252 e. The van der Waals surface area contributed by atoms with Crippen molar-refractivity contribution in [2.45, 2.75) is 336 Å². The lowest BCUT2D eigenvalue weighted by molar-refractivity contribution is -0.472. The zero-order chi connectivity index (χ0) is 67.1. The predicted octanol–water partition coefficient (Wildman–Crippen LogP) is 4.85. The fourth-order valence-electron chi connectivity index (χ4n) is 18.7. The van der Waals surface area contributed by atoms with Crippen molar-refractivity contribution in [3.63, 3.8) is 0 Å². The number of allylic oxidation sites excluding steroid dienone is 1. The minimum absolute atomic E-state index is 0.0109. The molecule has 12 rings (SSSR count). The highest BCUT2D eigenvalue weighted by Gasteiger charge is 2.66. The van der Waals surface area contributed by atoms with Gasteiger partial charge in [0.05, 0.1) is 98.2 Å². The highest BCUT2D eigenvalue weighted by Crippen LogP contribution is 2.68. The Morgan fingerprint density at radius 2 is 1.24 bits per heavy atom. The number of methoxy groups -OCH3 is 4. The molecule has 5 N–H and O–H groups in total. The Hall–Kier alpha value is -2.01. The van der Waals surface area contributed by atoms with E-state index in [1.807, 2.05) is 27.7 Å². The van der Waals surface area contributed by atoms with Crippen LogP contribution in [0.5, 0.6) is 0 Å². The van der Waals surface area contributed by atoms with E-state index in [4.69, 9.17) is 95.0 Å². The zero-order valence-corrected chi connectivity index (χ0v) is 57.3. The molecule has 4 aliphatic carbocycles. The number of carbonyl (C=O) groups is 1. The summed E-state index contributed by atoms with van der Waals surface area (Å²) in [6.07, 6.45) is -8.64. The summed E-state index contributed by atoms with van der Waals surface area (Å²) in [6, 6.07) is 0. The van der Waals surface area contributed by atoms with E-state index in [1.54, 1.807) is 40.9 Å². The van der Waals surface area contributed by atoms with Crippen LogP contribution in [0.1, 0.15) is 153 Å². The van der Waals surface area contributed by atoms with Crippen LogP contribution in [-0.4, -0.2) is 250 Å². The van der Waals surface area contributed by atoms with Gasteiger partial charge in [0.25, 0.3) is 5.78 Å². The first-order chi connectivity index (χ1) is 44.7. The standard InChI is InChI=1S/C68H108O26/c1-31-23-46(75-11)55(72)63(80-31)87-40-17-20-65(9)39(24-40)15-16-41-42(65)18-21-66(10)43(41)19-22-68(66,74)38(8)86-52-28-48-61(36(6)84-52)93-94-67(30-79-48)29-49(77-13)60(37(7)92-67)90-51-26-45(70)57(33(3)82-51)88-50-25-44(69)58(34(4)81-50)89-53-27-47(76-12)59(35(5)83-53)91-64-56(73)62(78-14)54(71)32(2)85-64/h15,23,31-38,40-45,47-54,56-64,69-71,73-74H,16-22,24-30H2,1-14H3/t31-,32-,33-,34-,35-,36-,37-,38-,40+,41-,42+,43+,44-,45+,47+,48-,49-,50+,51+,52+,53+,54+,56-,57-,58-,59-,60-,61-,62+,63+,64+,65+,66+,67+,68+/m1/s1. The van der Waals surface area contributed by atoms with Gasteiger partial charge in [-0.25, -0.2) is 4.89 Å². The van der Waals surface area contributed by atoms with Crippen molar-refractivity contribution < 1.29 is 125 Å². The molecule has 0 radical (unpaired) electrons. The van der Waals surface area contributed by atoms with Crippen molar-refractivity contribution in [1.82, 2.24) is 0 Å². The van der Waals surface area contributed by atoms with Crippen LogP contribution in [0, 0.1) is 28.6 Å². The number of hydrogen-bond donors (Lipinski definition) is 5. The maximum atomic E-state index is 13.1. The van der Waals surface area contributed by atoms with E-state index in [0.717, 1.165) is 44.9 Å². The Morgan fingerprint density at radius 1 is 0.617 bits per heavy atom. The summed E-state index contributed by atoms with van der Waals surface area (Å²) >= 11 is 0. The maximum Gasteiger partial charge on any atom is 0.252 e. The molecule has 35 atom stereocenters. The average molecular weight is 1340 g/mol. The van der Waals surface area contributed by atoms with Gasteiger partial charge in [0.15, 0.2) is 37.2 Å². The molecular weight excluding hydrogens is 1230 g/mol. The Kier molecular flexibility index (Phi) is 22.0. The van der Waals surface area contributed by atoms with Gasteiger partial charge in [-0.15, -0.1) is 0 Å². The van der Waals surface area contributed by atoms with Crippen molar-refractivity contribution in [1.29, 1.82) is 0 Å². The van der Waals surface area contributed by atoms with Gasteiger partial charge in [-0.1, -0.05) is 25.5 Å². The van der Waals surface area contributed by atoms with Crippen LogP contribution < -0.4 is 0 Å². The van der Waals surface area contributed by atoms with Crippen molar-refractivity contribution in [3.05, 3.63) is 23.5 Å². The first-order valence-electron chi connectivity index (χ1n) is 34.7. The van der Waals surface area contributed by atoms with Crippen molar-refractivity contribution >= 4 is 5.78 Å². The summed E-state index contributed by atoms with van der Waals surface area (Å²) in [5, 5.41) is 57.5. The van der Waals surface area contributed by atoms with Gasteiger partial charge in [-0.2, -0.15) is 4.89 Å². The van der Waals surface area contributed by atoms with E-state index in [1.165, 1.54) is 26.9 Å². The molecular formula is C68H108O26. The number of fused-ring (bicyclic) bond motifs is 6. The molecule has 0 bridgehead atoms. The van der Waals surface area contributed by atoms with Crippen LogP contribution in [0.4, 0.5) is 0 Å². The third-order valence-corrected chi connectivity index (χ3v) is 24.0. The fourth-order valence-corrected chi connectivity index (χ4v) is 18.7. The second kappa shape index (κ2) is 28.8. The largest absolute Gasteiger partial charge is 0.493 e. The number of aliphatic hydroxyl groups is 5. The number of ether oxygens (including phenoxy) is 18. The SMILES string of the molecule is COC1=C[C@@H](C)O[C@@H](O[C@H]2CC[C@@]3(C)C(=CC[C@@H]4[C@@H]3CC[C@@]3(C)[C@H]4CC[C@]3(O)[C@@H](C)O[C@H]3C[C@H]4OC[C@]5(C[C@@H](OC)[C@H](O[C@H]6C[C@H](O)[C@H](O[C@H]7C[C@@H](O)[C@H](O[C@H]8C[C@H](OC)[C@H](O[C@@H]9O[C@H](C)[C@H](O)[C@H](OC)[C@H]9O)[C@@H](C)O8)[C@@H](C)O7)[C@@H](C)O6)[C@@H](C)O5)OO[C@@H]4[C@@H](C)O3)C2)C1=O. The third kappa shape index (κ3) is 13.7. The summed E-state index contributed by atoms with van der Waals surface area (Å²) < 4.78 is 112. The summed E-state index contributed by atoms with van der Waals surface area (Å²) in [5.41, 5.74) is -0.0356. The minimum Gasteiger partial charge on any atom is -0.493 e. The second-order valence-electron chi connectivity index (χ2n) is 29.7. The lowest BCUT2D eigenvalue weighted by atomic mass is 9.46. The molecule has 94 heavy (non-hydrogen) atoms. The molecule has 0 amide bonds. The quantitative estimate of drug-likeness (QED) is 0.0960. The van der Waals surface area contributed by atoms with Crippen molar-refractivity contribution in [3.8, 4) is 0 Å². The highest BCUT2D eigenvalue weighted by atomic mass is 17.2. The minimum atomic E-state index is -1.37. The van der Waals surface area contributed by atoms with Gasteiger partial charge in [0.2, 0.25) is 12.1 Å². The van der Waals surface area contributed by atoms with Crippen LogP contribution in [0.25, 0.3) is 0 Å². The van der Waals surface area contributed by atoms with E-state index in [0.29, 0.717) is 30.6 Å². The first kappa shape index (κ1) is 71.8. The topological polar surface area (TPSA) is 303 Å². The highest BCUT2D eigenvalue weighted by molar-refractivity contribution is 5.96. The van der Waals surface area contributed by atoms with E-state index in [2.05, 4.69) is 19.9 Å². The first-order valence-corrected chi connectivity index (χ1v) is 34.7. The lowest BCUT2D eigenvalue weighted by Gasteiger charge is -2.59. The second-order valence-corrected chi connectivity index (χ2v) is 29.7. The third-order valence-electron chi connectivity index (χ3n) is 24.0. The molecule has 8 aliphatic heterocycles. The Bertz CT molecular complexity index is 2610. The number of hydrogen-bond acceptors (Lipinski definition) is 26. The van der Waals surface area contributed by atoms with E-state index in [9.17, 15) is 30.3 Å². The monoisotopic (exact) mass is 1340 g/mol. The summed E-state index contributed by atoms with van der Waals surface area (Å²) in [5.74, 6) is -0.143. The Labute approximate surface area is 552 Å². The summed E-state index contributed by atoms with van der Waals surface area (Å²) in [4.78, 5) is 25.5. The molecule has 0 unspecified atom stereocenters. The van der Waals surface area contributed by atoms with E-state index < -0.39 is 171 Å². The number of carbonyl (C=O) groups excluding carboxylic acids is 1. The molecule has 3 saturated carbocycles. The summed E-state index contributed by atoms with van der Waals surface area (Å²) in [6.45, 7) is 19.4. The van der Waals surface area contributed by atoms with Gasteiger partial charge in [-0.05, 0) is 136 Å². The predicted molar refractivity (Wildman–Crippen MR) is 326 cm³/mol. The van der Waals surface area contributed by atoms with Gasteiger partial charge < -0.3 is 111 Å². The number of rotatable bonds is 17. The van der Waals surface area contributed by atoms with E-state index in [-0.39, 0.29) is 66.9 Å². The number of ketones is 1. The molecule has 536 valence electrons. The molecule has 26 heteroatoms. The lowest BCUT2D eigenvalue weighted by Crippen LogP contribution is -2.61. The Balaban J connectivity index is 0.595. The molecule has 0 aromatic heterocycles. The number of Topliss-reactive ketones (excluding diaryl/α,β-unsaturated/α-hetero) is 1. The Morgan fingerprint density at radius 3 is 1.89 bits per heavy atom. The van der Waals surface area contributed by atoms with Crippen molar-refractivity contribution in [2.24, 2.45) is 28.6 Å². The van der Waals surface area contributed by atoms with E-state index >= 15 is 0 Å². The zero-order valence-electron chi connectivity index (χ0n) is 57.3. The normalized spacial score (nSPS) is 52.7. The molecule has 12 aliphatic rings. The molecule has 7 saturated heterocycles. The number of aliphatic hydroxyl groups excluding tert-OH is 4. The summed E-state index contributed by atoms with van der Waals surface area (Å²) in [7, 11) is 6.03. The van der Waals surface area contributed by atoms with Crippen LogP contribution >= 0.6 is 0 Å². The molecule has 0 aromatic rings. The van der Waals surface area contributed by atoms with Gasteiger partial charge in [0.1, 0.15) is 55.4 Å². The van der Waals surface area contributed by atoms with Crippen LogP contribution in [0.15, 0.2) is 23.5 Å². The molecule has 10 fully saturated rings. The van der Waals surface area contributed by atoms with Crippen molar-refractivity contribution in [2.75, 3.05) is 35.0 Å². The molecule has 1 spiro atoms. The molecule has 8 heterocycles. The van der Waals surface area contributed by atoms with Crippen LogP contribution in [-0.2, 0) is 99.8 Å². The molecule has 26 nitrogen and oxygen atoms in total. The van der Waals surface area contributed by atoms with Crippen LogP contribution in [0.3, 0.4) is 0 Å². The van der Waals surface area contributed by atoms with Crippen LogP contribution in [0.2, 0.25) is 0 Å². The fraction of sp³-hybridized carbons (Fsp3) is 0.926. The molecule has 0 aromatic carbocycles. The van der Waals surface area contributed by atoms with Gasteiger partial charge in [-0.3, -0.25) is 4.79 Å². The maximum absolute atomic E-state index is 13.1. The average Bonchev–Trinajstić information content (AvgIpc) is 1.44. The van der Waals surface area contributed by atoms with Gasteiger partial charge in [0, 0.05) is 58.8 Å².